The molecule has 196 valence electrons. The number of Topliss-reactive ketones (excluding diaryl/α,β-unsaturated/α-hetero) is 1. The van der Waals surface area contributed by atoms with Gasteiger partial charge < -0.3 is 18.6 Å². The van der Waals surface area contributed by atoms with Gasteiger partial charge in [-0.3, -0.25) is 4.79 Å². The average Bonchev–Trinajstić information content (AvgIpc) is 2.86. The first kappa shape index (κ1) is 29.9. The lowest BCUT2D eigenvalue weighted by atomic mass is 9.94. The van der Waals surface area contributed by atoms with E-state index in [0.29, 0.717) is 19.6 Å². The smallest absolute Gasteiger partial charge is 0.261 e. The predicted molar refractivity (Wildman–Crippen MR) is 149 cm³/mol. The third kappa shape index (κ3) is 7.82. The quantitative estimate of drug-likeness (QED) is 0.131. The van der Waals surface area contributed by atoms with Crippen LogP contribution in [0, 0.1) is 5.92 Å². The minimum atomic E-state index is -2.81. The Hall–Kier alpha value is -2.35. The van der Waals surface area contributed by atoms with Crippen molar-refractivity contribution < 1.29 is 23.4 Å². The molecule has 2 aromatic rings. The van der Waals surface area contributed by atoms with Crippen LogP contribution in [-0.4, -0.2) is 53.9 Å². The van der Waals surface area contributed by atoms with E-state index in [-0.39, 0.29) is 30.6 Å². The Morgan fingerprint density at radius 1 is 0.944 bits per heavy atom. The molecule has 6 heteroatoms. The molecule has 0 N–H and O–H groups in total. The lowest BCUT2D eigenvalue weighted by Gasteiger charge is -2.44. The second-order valence-corrected chi connectivity index (χ2v) is 14.1. The van der Waals surface area contributed by atoms with E-state index in [1.54, 1.807) is 19.3 Å². The Bertz CT molecular complexity index is 884. The zero-order valence-electron chi connectivity index (χ0n) is 22.3. The normalized spacial score (nSPS) is 13.7. The number of hydrogen-bond donors (Lipinski definition) is 0. The van der Waals surface area contributed by atoms with Crippen LogP contribution in [0.2, 0.25) is 5.04 Å². The number of ether oxygens (including phenoxy) is 3. The summed E-state index contributed by atoms with van der Waals surface area (Å²) in [7, 11) is -1.18. The molecular weight excluding hydrogens is 468 g/mol. The van der Waals surface area contributed by atoms with Crippen LogP contribution in [0.4, 0.5) is 0 Å². The topological polar surface area (TPSA) is 54.0 Å². The number of allylic oxidation sites excluding steroid dienone is 1. The molecule has 0 saturated carbocycles. The Labute approximate surface area is 218 Å². The molecule has 0 aromatic heterocycles. The highest BCUT2D eigenvalue weighted by atomic mass is 28.4. The van der Waals surface area contributed by atoms with E-state index in [1.165, 1.54) is 10.4 Å². The van der Waals surface area contributed by atoms with Crippen molar-refractivity contribution in [1.82, 2.24) is 0 Å². The van der Waals surface area contributed by atoms with Crippen molar-refractivity contribution in [2.24, 2.45) is 5.92 Å². The summed E-state index contributed by atoms with van der Waals surface area (Å²) in [6.45, 7) is 15.5. The lowest BCUT2D eigenvalue weighted by Crippen LogP contribution is -2.67. The zero-order valence-corrected chi connectivity index (χ0v) is 23.3. The molecule has 0 heterocycles. The van der Waals surface area contributed by atoms with Crippen molar-refractivity contribution in [2.75, 3.05) is 33.7 Å². The van der Waals surface area contributed by atoms with Crippen LogP contribution in [0.3, 0.4) is 0 Å². The van der Waals surface area contributed by atoms with Gasteiger partial charge in [-0.2, -0.15) is 0 Å². The van der Waals surface area contributed by atoms with E-state index >= 15 is 0 Å². The molecule has 0 saturated heterocycles. The molecule has 2 aromatic carbocycles. The van der Waals surface area contributed by atoms with E-state index in [9.17, 15) is 4.79 Å². The number of hydrogen-bond acceptors (Lipinski definition) is 5. The largest absolute Gasteiger partial charge is 0.407 e. The molecule has 0 spiro atoms. The van der Waals surface area contributed by atoms with Crippen LogP contribution in [0.5, 0.6) is 0 Å². The Balaban J connectivity index is 2.45. The maximum Gasteiger partial charge on any atom is 0.261 e. The van der Waals surface area contributed by atoms with Crippen LogP contribution >= 0.6 is 0 Å². The maximum absolute atomic E-state index is 13.3. The fourth-order valence-electron chi connectivity index (χ4n) is 4.53. The first-order valence-electron chi connectivity index (χ1n) is 12.5. The molecule has 0 amide bonds. The summed E-state index contributed by atoms with van der Waals surface area (Å²) in [6, 6.07) is 20.8. The minimum absolute atomic E-state index is 0.0340. The highest BCUT2D eigenvalue weighted by molar-refractivity contribution is 6.99. The average molecular weight is 511 g/mol. The van der Waals surface area contributed by atoms with E-state index in [2.05, 4.69) is 82.5 Å². The number of carbonyl (C=O) groups is 1. The summed E-state index contributed by atoms with van der Waals surface area (Å²) in [5.74, 6) is -0.458. The van der Waals surface area contributed by atoms with Crippen LogP contribution < -0.4 is 10.4 Å². The van der Waals surface area contributed by atoms with Gasteiger partial charge in [-0.25, -0.2) is 0 Å². The van der Waals surface area contributed by atoms with Crippen LogP contribution in [0.15, 0.2) is 86.0 Å². The van der Waals surface area contributed by atoms with E-state index in [1.807, 2.05) is 12.1 Å². The molecule has 0 unspecified atom stereocenters. The SMILES string of the molecule is C=CCC(=O)[C@@H](CO[Si](c1ccccc1)(c1ccccc1)C(C)(C)C)[C@H](CC=C)OCOCCOC. The number of rotatable bonds is 17. The van der Waals surface area contributed by atoms with Crippen molar-refractivity contribution in [1.29, 1.82) is 0 Å². The summed E-state index contributed by atoms with van der Waals surface area (Å²) in [5, 5.41) is 2.14. The molecule has 0 aliphatic rings. The highest BCUT2D eigenvalue weighted by Gasteiger charge is 2.50. The van der Waals surface area contributed by atoms with E-state index in [0.717, 1.165) is 0 Å². The molecule has 2 rings (SSSR count). The van der Waals surface area contributed by atoms with Crippen LogP contribution in [-0.2, 0) is 23.4 Å². The predicted octanol–water partition coefficient (Wildman–Crippen LogP) is 4.91. The van der Waals surface area contributed by atoms with Gasteiger partial charge >= 0.3 is 0 Å². The summed E-state index contributed by atoms with van der Waals surface area (Å²) in [6.07, 6.45) is 3.74. The number of carbonyl (C=O) groups excluding carboxylic acids is 1. The van der Waals surface area contributed by atoms with Gasteiger partial charge in [0, 0.05) is 20.1 Å². The molecule has 5 nitrogen and oxygen atoms in total. The third-order valence-electron chi connectivity index (χ3n) is 6.30. The van der Waals surface area contributed by atoms with Gasteiger partial charge in [-0.1, -0.05) is 93.6 Å². The maximum atomic E-state index is 13.3. The van der Waals surface area contributed by atoms with Crippen LogP contribution in [0.25, 0.3) is 0 Å². The van der Waals surface area contributed by atoms with E-state index < -0.39 is 20.3 Å². The highest BCUT2D eigenvalue weighted by Crippen LogP contribution is 2.37. The van der Waals surface area contributed by atoms with Gasteiger partial charge in [-0.05, 0) is 21.8 Å². The molecular formula is C30H42O5Si. The zero-order chi connectivity index (χ0) is 26.4. The monoisotopic (exact) mass is 510 g/mol. The standard InChI is InChI=1S/C30H42O5Si/c1-7-15-28(31)27(29(16-8-2)34-24-33-22-21-32-6)23-35-36(30(3,4)5,25-17-11-9-12-18-25)26-19-13-10-14-20-26/h7-14,17-20,27,29H,1-2,15-16,21-24H2,3-6H3/t27-,29+/m1/s1. The Morgan fingerprint density at radius 3 is 2.00 bits per heavy atom. The third-order valence-corrected chi connectivity index (χ3v) is 11.3. The number of benzene rings is 2. The van der Waals surface area contributed by atoms with Crippen molar-refractivity contribution in [2.45, 2.75) is 44.8 Å². The van der Waals surface area contributed by atoms with Crippen molar-refractivity contribution in [3.8, 4) is 0 Å². The van der Waals surface area contributed by atoms with Crippen molar-refractivity contribution in [3.05, 3.63) is 86.0 Å². The number of methoxy groups -OCH3 is 1. The second-order valence-electron chi connectivity index (χ2n) is 9.79. The van der Waals surface area contributed by atoms with Crippen LogP contribution in [0.1, 0.15) is 33.6 Å². The first-order chi connectivity index (χ1) is 17.3. The molecule has 0 bridgehead atoms. The lowest BCUT2D eigenvalue weighted by molar-refractivity contribution is -0.140. The Kier molecular flexibility index (Phi) is 12.5. The van der Waals surface area contributed by atoms with Gasteiger partial charge in [0.15, 0.2) is 0 Å². The van der Waals surface area contributed by atoms with Gasteiger partial charge in [0.05, 0.1) is 25.2 Å². The second kappa shape index (κ2) is 15.0. The molecule has 0 aliphatic heterocycles. The number of ketones is 1. The first-order valence-corrected chi connectivity index (χ1v) is 14.4. The van der Waals surface area contributed by atoms with Crippen molar-refractivity contribution >= 4 is 24.5 Å². The summed E-state index contributed by atoms with van der Waals surface area (Å²) in [4.78, 5) is 13.3. The van der Waals surface area contributed by atoms with Gasteiger partial charge in [0.25, 0.3) is 8.32 Å². The fraction of sp³-hybridized carbons (Fsp3) is 0.433. The molecule has 0 fully saturated rings. The molecule has 2 atom stereocenters. The molecule has 0 radical (unpaired) electrons. The fourth-order valence-corrected chi connectivity index (χ4v) is 9.11. The van der Waals surface area contributed by atoms with E-state index in [4.69, 9.17) is 18.6 Å². The van der Waals surface area contributed by atoms with Gasteiger partial charge in [-0.15, -0.1) is 13.2 Å². The summed E-state index contributed by atoms with van der Waals surface area (Å²) < 4.78 is 23.7. The molecule has 0 aliphatic carbocycles. The summed E-state index contributed by atoms with van der Waals surface area (Å²) in [5.41, 5.74) is 0. The van der Waals surface area contributed by atoms with Gasteiger partial charge in [0.2, 0.25) is 0 Å². The Morgan fingerprint density at radius 2 is 1.53 bits per heavy atom. The van der Waals surface area contributed by atoms with Crippen molar-refractivity contribution in [3.63, 3.8) is 0 Å². The summed E-state index contributed by atoms with van der Waals surface area (Å²) >= 11 is 0. The molecule has 36 heavy (non-hydrogen) atoms. The minimum Gasteiger partial charge on any atom is -0.407 e. The van der Waals surface area contributed by atoms with Gasteiger partial charge in [0.1, 0.15) is 12.6 Å².